The standard InChI is InChI=1S/C20H17N/c1-15-5-7-16(8-6-15)18-10-9-17-11-13-21-12-3-2-4-20(21)19(17)14-18/h2-14,20H,1H3. The van der Waals surface area contributed by atoms with E-state index in [1.165, 1.54) is 27.8 Å². The highest BCUT2D eigenvalue weighted by Crippen LogP contribution is 2.35. The quantitative estimate of drug-likeness (QED) is 0.699. The number of benzene rings is 2. The van der Waals surface area contributed by atoms with Crippen LogP contribution in [0.1, 0.15) is 22.7 Å². The van der Waals surface area contributed by atoms with Gasteiger partial charge in [0.05, 0.1) is 6.04 Å². The van der Waals surface area contributed by atoms with Crippen molar-refractivity contribution < 1.29 is 0 Å². The number of hydrogen-bond acceptors (Lipinski definition) is 1. The molecule has 1 atom stereocenters. The molecule has 21 heavy (non-hydrogen) atoms. The summed E-state index contributed by atoms with van der Waals surface area (Å²) in [6, 6.07) is 15.8. The molecular weight excluding hydrogens is 254 g/mol. The molecule has 2 heterocycles. The predicted molar refractivity (Wildman–Crippen MR) is 88.5 cm³/mol. The van der Waals surface area contributed by atoms with Crippen LogP contribution in [0.2, 0.25) is 0 Å². The Labute approximate surface area is 125 Å². The molecule has 2 aromatic rings. The minimum atomic E-state index is 0.320. The molecule has 0 N–H and O–H groups in total. The average Bonchev–Trinajstić information content (AvgIpc) is 2.55. The van der Waals surface area contributed by atoms with Crippen molar-refractivity contribution in [1.29, 1.82) is 0 Å². The van der Waals surface area contributed by atoms with Gasteiger partial charge in [-0.2, -0.15) is 0 Å². The van der Waals surface area contributed by atoms with Gasteiger partial charge in [-0.25, -0.2) is 0 Å². The van der Waals surface area contributed by atoms with E-state index in [9.17, 15) is 0 Å². The third-order valence-electron chi connectivity index (χ3n) is 4.20. The van der Waals surface area contributed by atoms with E-state index in [0.29, 0.717) is 6.04 Å². The molecule has 0 saturated heterocycles. The van der Waals surface area contributed by atoms with E-state index in [4.69, 9.17) is 0 Å². The highest BCUT2D eigenvalue weighted by atomic mass is 15.1. The second-order valence-electron chi connectivity index (χ2n) is 5.64. The Morgan fingerprint density at radius 2 is 1.67 bits per heavy atom. The lowest BCUT2D eigenvalue weighted by Crippen LogP contribution is -2.21. The van der Waals surface area contributed by atoms with E-state index >= 15 is 0 Å². The minimum Gasteiger partial charge on any atom is -0.343 e. The zero-order chi connectivity index (χ0) is 14.2. The summed E-state index contributed by atoms with van der Waals surface area (Å²) in [5.41, 5.74) is 6.54. The molecule has 0 spiro atoms. The number of allylic oxidation sites excluding steroid dienone is 2. The molecule has 1 unspecified atom stereocenters. The van der Waals surface area contributed by atoms with Crippen molar-refractivity contribution in [3.8, 4) is 11.1 Å². The van der Waals surface area contributed by atoms with Crippen LogP contribution in [0.5, 0.6) is 0 Å². The molecule has 1 nitrogen and oxygen atoms in total. The van der Waals surface area contributed by atoms with Crippen LogP contribution in [0.15, 0.2) is 73.1 Å². The minimum absolute atomic E-state index is 0.320. The Bertz CT molecular complexity index is 763. The highest BCUT2D eigenvalue weighted by Gasteiger charge is 2.21. The van der Waals surface area contributed by atoms with Gasteiger partial charge in [0.25, 0.3) is 0 Å². The molecule has 2 aliphatic heterocycles. The number of hydrogen-bond donors (Lipinski definition) is 0. The molecule has 0 saturated carbocycles. The molecule has 4 rings (SSSR count). The first-order valence-corrected chi connectivity index (χ1v) is 7.33. The summed E-state index contributed by atoms with van der Waals surface area (Å²) in [5.74, 6) is 0. The van der Waals surface area contributed by atoms with E-state index < -0.39 is 0 Å². The Hall–Kier alpha value is -2.54. The molecule has 0 aromatic heterocycles. The highest BCUT2D eigenvalue weighted by molar-refractivity contribution is 5.70. The maximum Gasteiger partial charge on any atom is 0.0773 e. The summed E-state index contributed by atoms with van der Waals surface area (Å²) in [5, 5.41) is 0. The van der Waals surface area contributed by atoms with Crippen LogP contribution in [0.25, 0.3) is 17.2 Å². The summed E-state index contributed by atoms with van der Waals surface area (Å²) in [6.07, 6.45) is 12.9. The van der Waals surface area contributed by atoms with Gasteiger partial charge in [0.2, 0.25) is 0 Å². The fraction of sp³-hybridized carbons (Fsp3) is 0.100. The second kappa shape index (κ2) is 4.78. The zero-order valence-electron chi connectivity index (χ0n) is 12.0. The summed E-state index contributed by atoms with van der Waals surface area (Å²) < 4.78 is 0. The predicted octanol–water partition coefficient (Wildman–Crippen LogP) is 5.07. The van der Waals surface area contributed by atoms with Gasteiger partial charge in [0.1, 0.15) is 0 Å². The van der Waals surface area contributed by atoms with E-state index in [-0.39, 0.29) is 0 Å². The Balaban J connectivity index is 1.80. The Kier molecular flexibility index (Phi) is 2.78. The van der Waals surface area contributed by atoms with Gasteiger partial charge in [0, 0.05) is 12.4 Å². The topological polar surface area (TPSA) is 3.24 Å². The maximum atomic E-state index is 2.32. The van der Waals surface area contributed by atoms with Gasteiger partial charge >= 0.3 is 0 Å². The molecule has 102 valence electrons. The van der Waals surface area contributed by atoms with Crippen LogP contribution in [0.3, 0.4) is 0 Å². The first-order valence-electron chi connectivity index (χ1n) is 7.33. The van der Waals surface area contributed by atoms with Crippen LogP contribution < -0.4 is 0 Å². The normalized spacial score (nSPS) is 18.5. The van der Waals surface area contributed by atoms with Crippen LogP contribution in [0.4, 0.5) is 0 Å². The molecule has 0 radical (unpaired) electrons. The Morgan fingerprint density at radius 3 is 2.52 bits per heavy atom. The zero-order valence-corrected chi connectivity index (χ0v) is 12.0. The monoisotopic (exact) mass is 271 g/mol. The summed E-state index contributed by atoms with van der Waals surface area (Å²) in [6.45, 7) is 2.12. The molecule has 0 bridgehead atoms. The van der Waals surface area contributed by atoms with Gasteiger partial charge in [-0.15, -0.1) is 0 Å². The first kappa shape index (κ1) is 12.2. The molecule has 2 aliphatic rings. The average molecular weight is 271 g/mol. The van der Waals surface area contributed by atoms with Gasteiger partial charge < -0.3 is 4.90 Å². The molecule has 0 fully saturated rings. The summed E-state index contributed by atoms with van der Waals surface area (Å²) in [7, 11) is 0. The summed E-state index contributed by atoms with van der Waals surface area (Å²) in [4.78, 5) is 2.25. The fourth-order valence-corrected chi connectivity index (χ4v) is 2.99. The third kappa shape index (κ3) is 2.11. The molecule has 2 aromatic carbocycles. The largest absolute Gasteiger partial charge is 0.343 e. The van der Waals surface area contributed by atoms with Gasteiger partial charge in [0.15, 0.2) is 0 Å². The Morgan fingerprint density at radius 1 is 0.857 bits per heavy atom. The van der Waals surface area contributed by atoms with Crippen molar-refractivity contribution >= 4 is 6.08 Å². The van der Waals surface area contributed by atoms with E-state index in [0.717, 1.165) is 0 Å². The lowest BCUT2D eigenvalue weighted by Gasteiger charge is -2.32. The lowest BCUT2D eigenvalue weighted by atomic mass is 9.91. The van der Waals surface area contributed by atoms with Crippen molar-refractivity contribution in [2.24, 2.45) is 0 Å². The van der Waals surface area contributed by atoms with Gasteiger partial charge in [-0.3, -0.25) is 0 Å². The van der Waals surface area contributed by atoms with Crippen molar-refractivity contribution in [2.75, 3.05) is 0 Å². The van der Waals surface area contributed by atoms with Gasteiger partial charge in [-0.05, 0) is 47.4 Å². The van der Waals surface area contributed by atoms with Crippen LogP contribution in [0, 0.1) is 6.92 Å². The number of fused-ring (bicyclic) bond motifs is 3. The van der Waals surface area contributed by atoms with Crippen molar-refractivity contribution in [2.45, 2.75) is 13.0 Å². The van der Waals surface area contributed by atoms with E-state index in [1.54, 1.807) is 0 Å². The smallest absolute Gasteiger partial charge is 0.0773 e. The van der Waals surface area contributed by atoms with Crippen LogP contribution >= 0.6 is 0 Å². The second-order valence-corrected chi connectivity index (χ2v) is 5.64. The SMILES string of the molecule is Cc1ccc(-c2ccc3c(c2)C2C=CC=CN2C=C3)cc1. The summed E-state index contributed by atoms with van der Waals surface area (Å²) >= 11 is 0. The number of rotatable bonds is 1. The van der Waals surface area contributed by atoms with E-state index in [1.807, 2.05) is 0 Å². The number of aryl methyl sites for hydroxylation is 1. The first-order chi connectivity index (χ1) is 10.3. The lowest BCUT2D eigenvalue weighted by molar-refractivity contribution is 0.430. The maximum absolute atomic E-state index is 2.32. The van der Waals surface area contributed by atoms with Crippen molar-refractivity contribution in [3.05, 3.63) is 89.8 Å². The van der Waals surface area contributed by atoms with Gasteiger partial charge in [-0.1, -0.05) is 54.1 Å². The van der Waals surface area contributed by atoms with Crippen LogP contribution in [-0.2, 0) is 0 Å². The molecule has 1 heteroatoms. The molecule has 0 aliphatic carbocycles. The van der Waals surface area contributed by atoms with E-state index in [2.05, 4.69) is 91.0 Å². The molecule has 0 amide bonds. The molecular formula is C20H17N. The van der Waals surface area contributed by atoms with Crippen molar-refractivity contribution in [3.63, 3.8) is 0 Å². The number of nitrogens with zero attached hydrogens (tertiary/aromatic N) is 1. The van der Waals surface area contributed by atoms with Crippen LogP contribution in [-0.4, -0.2) is 4.90 Å². The fourth-order valence-electron chi connectivity index (χ4n) is 2.99. The third-order valence-corrected chi connectivity index (χ3v) is 4.20. The van der Waals surface area contributed by atoms with Crippen molar-refractivity contribution in [1.82, 2.24) is 4.90 Å².